The quantitative estimate of drug-likeness (QED) is 0.203. The summed E-state index contributed by atoms with van der Waals surface area (Å²) in [6, 6.07) is 9.90. The molecule has 1 amide bonds. The molecule has 1 aliphatic heterocycles. The molecule has 0 spiro atoms. The van der Waals surface area contributed by atoms with E-state index in [2.05, 4.69) is 39.7 Å². The number of amidine groups is 1. The van der Waals surface area contributed by atoms with E-state index in [1.165, 1.54) is 0 Å². The number of rotatable bonds is 9. The minimum absolute atomic E-state index is 0.0951. The summed E-state index contributed by atoms with van der Waals surface area (Å²) in [4.78, 5) is 35.2. The van der Waals surface area contributed by atoms with Gasteiger partial charge in [0.05, 0.1) is 25.1 Å². The number of hydrogen-bond donors (Lipinski definition) is 3. The van der Waals surface area contributed by atoms with Gasteiger partial charge in [0, 0.05) is 38.0 Å². The number of hydrogen-bond acceptors (Lipinski definition) is 8. The number of carbonyl (C=O) groups is 1. The Balaban J connectivity index is 1.85. The monoisotopic (exact) mass is 575 g/mol. The lowest BCUT2D eigenvalue weighted by atomic mass is 9.97. The summed E-state index contributed by atoms with van der Waals surface area (Å²) < 4.78 is 14.7. The zero-order chi connectivity index (χ0) is 30.4. The molecular weight excluding hydrogens is 538 g/mol. The van der Waals surface area contributed by atoms with E-state index >= 15 is 0 Å². The SMILES string of the molecule is C=NNC(=NCO)C(=O)NCCn1c(=Nc2c(C)cc(C)cc2C)cc2n(c1=O)CCc1cc(OCC)c(OC)cc1-2. The van der Waals surface area contributed by atoms with Crippen LogP contribution in [0.25, 0.3) is 11.3 Å². The highest BCUT2D eigenvalue weighted by molar-refractivity contribution is 6.37. The van der Waals surface area contributed by atoms with Crippen molar-refractivity contribution in [3.8, 4) is 22.8 Å². The first-order chi connectivity index (χ1) is 20.2. The Bertz CT molecular complexity index is 1650. The molecule has 42 heavy (non-hydrogen) atoms. The first-order valence-electron chi connectivity index (χ1n) is 13.7. The number of ether oxygens (including phenoxy) is 2. The van der Waals surface area contributed by atoms with Crippen molar-refractivity contribution in [3.05, 3.63) is 68.6 Å². The molecule has 2 heterocycles. The van der Waals surface area contributed by atoms with Crippen molar-refractivity contribution in [2.24, 2.45) is 15.1 Å². The van der Waals surface area contributed by atoms with Crippen LogP contribution in [0.1, 0.15) is 29.2 Å². The molecule has 0 fully saturated rings. The van der Waals surface area contributed by atoms with Crippen molar-refractivity contribution in [1.29, 1.82) is 0 Å². The molecule has 1 aliphatic rings. The van der Waals surface area contributed by atoms with Crippen molar-refractivity contribution < 1.29 is 19.4 Å². The Hall–Kier alpha value is -4.71. The molecule has 0 unspecified atom stereocenters. The van der Waals surface area contributed by atoms with Crippen molar-refractivity contribution in [1.82, 2.24) is 19.9 Å². The van der Waals surface area contributed by atoms with E-state index in [-0.39, 0.29) is 24.6 Å². The average molecular weight is 576 g/mol. The molecule has 222 valence electrons. The van der Waals surface area contributed by atoms with E-state index < -0.39 is 12.6 Å². The Morgan fingerprint density at radius 2 is 1.86 bits per heavy atom. The van der Waals surface area contributed by atoms with Gasteiger partial charge in [-0.05, 0) is 62.9 Å². The number of aryl methyl sites for hydroxylation is 4. The Morgan fingerprint density at radius 1 is 1.12 bits per heavy atom. The third-order valence-corrected chi connectivity index (χ3v) is 6.98. The minimum atomic E-state index is -0.594. The predicted octanol–water partition coefficient (Wildman–Crippen LogP) is 2.11. The zero-order valence-corrected chi connectivity index (χ0v) is 24.7. The lowest BCUT2D eigenvalue weighted by molar-refractivity contribution is -0.115. The molecule has 2 aromatic carbocycles. The fourth-order valence-corrected chi connectivity index (χ4v) is 5.21. The van der Waals surface area contributed by atoms with Gasteiger partial charge >= 0.3 is 5.69 Å². The molecule has 0 saturated carbocycles. The second-order valence-electron chi connectivity index (χ2n) is 9.85. The number of hydrazone groups is 1. The normalized spacial score (nSPS) is 12.8. The van der Waals surface area contributed by atoms with Crippen molar-refractivity contribution in [2.45, 2.75) is 47.2 Å². The number of nitrogens with one attached hydrogen (secondary N) is 2. The summed E-state index contributed by atoms with van der Waals surface area (Å²) in [6.07, 6.45) is 0.636. The second-order valence-corrected chi connectivity index (χ2v) is 9.85. The molecule has 0 saturated heterocycles. The van der Waals surface area contributed by atoms with Crippen LogP contribution in [0.2, 0.25) is 0 Å². The topological polar surface area (TPSA) is 144 Å². The van der Waals surface area contributed by atoms with Gasteiger partial charge in [-0.25, -0.2) is 14.8 Å². The van der Waals surface area contributed by atoms with E-state index in [9.17, 15) is 9.59 Å². The third kappa shape index (κ3) is 6.28. The zero-order valence-electron chi connectivity index (χ0n) is 24.7. The molecular formula is C30H37N7O5. The van der Waals surface area contributed by atoms with Gasteiger partial charge in [-0.2, -0.15) is 5.10 Å². The van der Waals surface area contributed by atoms with Gasteiger partial charge in [0.25, 0.3) is 5.91 Å². The van der Waals surface area contributed by atoms with Gasteiger partial charge < -0.3 is 19.9 Å². The van der Waals surface area contributed by atoms with Crippen LogP contribution in [0.4, 0.5) is 5.69 Å². The summed E-state index contributed by atoms with van der Waals surface area (Å²) in [7, 11) is 1.59. The number of benzene rings is 2. The van der Waals surface area contributed by atoms with Crippen molar-refractivity contribution in [3.63, 3.8) is 0 Å². The predicted molar refractivity (Wildman–Crippen MR) is 162 cm³/mol. The van der Waals surface area contributed by atoms with Crippen LogP contribution in [0, 0.1) is 20.8 Å². The smallest absolute Gasteiger partial charge is 0.330 e. The first kappa shape index (κ1) is 30.3. The van der Waals surface area contributed by atoms with Crippen LogP contribution < -0.4 is 31.4 Å². The van der Waals surface area contributed by atoms with Crippen molar-refractivity contribution >= 4 is 24.1 Å². The number of aliphatic hydroxyl groups excluding tert-OH is 1. The second kappa shape index (κ2) is 13.3. The van der Waals surface area contributed by atoms with Crippen LogP contribution in [0.15, 0.2) is 50.2 Å². The highest BCUT2D eigenvalue weighted by Crippen LogP contribution is 2.37. The molecule has 12 heteroatoms. The fourth-order valence-electron chi connectivity index (χ4n) is 5.21. The summed E-state index contributed by atoms with van der Waals surface area (Å²) in [5, 5.41) is 15.2. The van der Waals surface area contributed by atoms with Gasteiger partial charge in [-0.15, -0.1) is 0 Å². The number of nitrogens with zero attached hydrogens (tertiary/aromatic N) is 5. The highest BCUT2D eigenvalue weighted by atomic mass is 16.5. The van der Waals surface area contributed by atoms with E-state index in [4.69, 9.17) is 19.6 Å². The van der Waals surface area contributed by atoms with E-state index in [0.717, 1.165) is 39.2 Å². The third-order valence-electron chi connectivity index (χ3n) is 6.98. The number of aromatic nitrogens is 2. The molecule has 0 radical (unpaired) electrons. The van der Waals surface area contributed by atoms with Crippen LogP contribution >= 0.6 is 0 Å². The van der Waals surface area contributed by atoms with Crippen LogP contribution in [-0.4, -0.2) is 59.7 Å². The summed E-state index contributed by atoms with van der Waals surface area (Å²) in [5.41, 5.74) is 9.09. The molecule has 0 atom stereocenters. The van der Waals surface area contributed by atoms with Gasteiger partial charge in [0.2, 0.25) is 5.84 Å². The van der Waals surface area contributed by atoms with Gasteiger partial charge in [-0.1, -0.05) is 17.7 Å². The lowest BCUT2D eigenvalue weighted by Crippen LogP contribution is -2.45. The average Bonchev–Trinajstić information content (AvgIpc) is 2.95. The number of aliphatic imine (C=N–C) groups is 1. The van der Waals surface area contributed by atoms with E-state index in [1.807, 2.05) is 45.9 Å². The van der Waals surface area contributed by atoms with Crippen LogP contribution in [-0.2, 0) is 24.3 Å². The fraction of sp³-hybridized carbons (Fsp3) is 0.367. The number of methoxy groups -OCH3 is 1. The summed E-state index contributed by atoms with van der Waals surface area (Å²) in [5.74, 6) is 0.470. The van der Waals surface area contributed by atoms with Gasteiger partial charge in [-0.3, -0.25) is 19.4 Å². The van der Waals surface area contributed by atoms with Crippen LogP contribution in [0.3, 0.4) is 0 Å². The standard InChI is InChI=1S/C30H37N7O5/c1-7-42-25-14-21-8-10-36-23(22(21)15-24(25)41-6)16-26(34-27-19(3)12-18(2)13-20(27)4)37(30(36)40)11-9-32-29(39)28(33-17-38)35-31-5/h12-16,38H,5,7-11,17H2,1-4,6H3,(H,32,39)(H,33,35). The van der Waals surface area contributed by atoms with Gasteiger partial charge in [0.1, 0.15) is 12.2 Å². The maximum atomic E-state index is 14.0. The molecule has 4 rings (SSSR count). The Labute approximate surface area is 244 Å². The number of fused-ring (bicyclic) bond motifs is 3. The first-order valence-corrected chi connectivity index (χ1v) is 13.7. The lowest BCUT2D eigenvalue weighted by Gasteiger charge is -2.25. The van der Waals surface area contributed by atoms with E-state index in [0.29, 0.717) is 36.6 Å². The molecule has 12 nitrogen and oxygen atoms in total. The van der Waals surface area contributed by atoms with Crippen LogP contribution in [0.5, 0.6) is 11.5 Å². The molecule has 3 N–H and O–H groups in total. The summed E-state index contributed by atoms with van der Waals surface area (Å²) >= 11 is 0. The Kier molecular flexibility index (Phi) is 9.58. The number of aliphatic hydroxyl groups is 1. The Morgan fingerprint density at radius 3 is 2.50 bits per heavy atom. The molecule has 0 bridgehead atoms. The molecule has 0 aliphatic carbocycles. The maximum Gasteiger partial charge on any atom is 0.330 e. The molecule has 1 aromatic heterocycles. The number of carbonyl (C=O) groups excluding carboxylic acids is 1. The largest absolute Gasteiger partial charge is 0.493 e. The van der Waals surface area contributed by atoms with Crippen molar-refractivity contribution in [2.75, 3.05) is 27.0 Å². The maximum absolute atomic E-state index is 14.0. The minimum Gasteiger partial charge on any atom is -0.493 e. The van der Waals surface area contributed by atoms with Gasteiger partial charge in [0.15, 0.2) is 11.5 Å². The highest BCUT2D eigenvalue weighted by Gasteiger charge is 2.23. The molecule has 3 aromatic rings. The van der Waals surface area contributed by atoms with E-state index in [1.54, 1.807) is 16.2 Å². The summed E-state index contributed by atoms with van der Waals surface area (Å²) in [6.45, 7) is 11.8. The number of amides is 1.